The van der Waals surface area contributed by atoms with Gasteiger partial charge in [-0.3, -0.25) is 9.78 Å². The van der Waals surface area contributed by atoms with Crippen LogP contribution in [-0.4, -0.2) is 33.9 Å². The molecule has 6 nitrogen and oxygen atoms in total. The zero-order valence-electron chi connectivity index (χ0n) is 15.3. The van der Waals surface area contributed by atoms with Gasteiger partial charge in [0.2, 0.25) is 0 Å². The quantitative estimate of drug-likeness (QED) is 0.735. The summed E-state index contributed by atoms with van der Waals surface area (Å²) in [5.74, 6) is -0.443. The van der Waals surface area contributed by atoms with Crippen LogP contribution in [0.5, 0.6) is 0 Å². The third-order valence-corrected chi connectivity index (χ3v) is 4.99. The summed E-state index contributed by atoms with van der Waals surface area (Å²) in [6.07, 6.45) is 1.72. The average Bonchev–Trinajstić information content (AvgIpc) is 2.79. The minimum Gasteiger partial charge on any atom is -0.365 e. The molecule has 0 radical (unpaired) electrons. The maximum Gasteiger partial charge on any atom is 0.260 e. The van der Waals surface area contributed by atoms with Gasteiger partial charge in [0, 0.05) is 17.1 Å². The highest BCUT2D eigenvalue weighted by Crippen LogP contribution is 2.34. The van der Waals surface area contributed by atoms with Crippen molar-refractivity contribution in [3.63, 3.8) is 0 Å². The van der Waals surface area contributed by atoms with Crippen molar-refractivity contribution in [2.24, 2.45) is 5.73 Å². The molecule has 1 aliphatic rings. The molecule has 0 saturated carbocycles. The number of amides is 1. The second-order valence-corrected chi connectivity index (χ2v) is 7.67. The molecule has 0 fully saturated rings. The molecular weight excluding hydrogens is 314 g/mol. The predicted octanol–water partition coefficient (Wildman–Crippen LogP) is 2.48. The monoisotopic (exact) mass is 338 g/mol. The van der Waals surface area contributed by atoms with Crippen LogP contribution in [0.4, 0.5) is 0 Å². The number of pyridine rings is 1. The molecule has 1 unspecified atom stereocenters. The Bertz CT molecular complexity index is 938. The van der Waals surface area contributed by atoms with Crippen molar-refractivity contribution >= 4 is 28.3 Å². The summed E-state index contributed by atoms with van der Waals surface area (Å²) in [6.45, 7) is 8.06. The average molecular weight is 338 g/mol. The third kappa shape index (κ3) is 2.59. The van der Waals surface area contributed by atoms with Crippen LogP contribution in [0.2, 0.25) is 0 Å². The predicted molar refractivity (Wildman–Crippen MR) is 99.4 cm³/mol. The summed E-state index contributed by atoms with van der Waals surface area (Å²) in [5.41, 5.74) is 12.2. The number of nitrogens with zero attached hydrogens (tertiary/aromatic N) is 2. The van der Waals surface area contributed by atoms with Crippen LogP contribution < -0.4 is 11.2 Å². The van der Waals surface area contributed by atoms with E-state index in [1.807, 2.05) is 59.0 Å². The molecule has 0 bridgehead atoms. The first-order chi connectivity index (χ1) is 11.5. The van der Waals surface area contributed by atoms with Crippen molar-refractivity contribution in [3.8, 4) is 0 Å². The van der Waals surface area contributed by atoms with Crippen molar-refractivity contribution in [2.45, 2.75) is 33.2 Å². The molecule has 2 aromatic rings. The van der Waals surface area contributed by atoms with Gasteiger partial charge in [0.05, 0.1) is 12.6 Å². The van der Waals surface area contributed by atoms with E-state index in [9.17, 15) is 4.79 Å². The van der Waals surface area contributed by atoms with Gasteiger partial charge in [-0.25, -0.2) is 10.8 Å². The highest BCUT2D eigenvalue weighted by molar-refractivity contribution is 6.23. The van der Waals surface area contributed by atoms with E-state index in [4.69, 9.17) is 11.1 Å². The van der Waals surface area contributed by atoms with Gasteiger partial charge >= 0.3 is 0 Å². The van der Waals surface area contributed by atoms with E-state index in [1.54, 1.807) is 6.20 Å². The van der Waals surface area contributed by atoms with Gasteiger partial charge in [0.15, 0.2) is 5.57 Å². The Labute approximate surface area is 147 Å². The van der Waals surface area contributed by atoms with Crippen LogP contribution in [-0.2, 0) is 4.79 Å². The summed E-state index contributed by atoms with van der Waals surface area (Å²) in [5, 5.41) is 9.52. The first kappa shape index (κ1) is 17.1. The van der Waals surface area contributed by atoms with Gasteiger partial charge in [-0.15, -0.1) is 0 Å². The van der Waals surface area contributed by atoms with Crippen LogP contribution in [0.3, 0.4) is 0 Å². The summed E-state index contributed by atoms with van der Waals surface area (Å²) in [7, 11) is 1.87. The van der Waals surface area contributed by atoms with Crippen LogP contribution in [0.1, 0.15) is 31.9 Å². The lowest BCUT2D eigenvalue weighted by Crippen LogP contribution is -2.64. The molecule has 1 atom stereocenters. The number of nitrogens with one attached hydrogen (secondary N) is 2. The van der Waals surface area contributed by atoms with Gasteiger partial charge in [-0.2, -0.15) is 4.59 Å². The number of primary amides is 1. The maximum atomic E-state index is 12.1. The summed E-state index contributed by atoms with van der Waals surface area (Å²) < 4.78 is 0.0898. The first-order valence-electron chi connectivity index (χ1n) is 8.20. The van der Waals surface area contributed by atoms with E-state index in [2.05, 4.69) is 10.4 Å². The van der Waals surface area contributed by atoms with Crippen LogP contribution in [0.15, 0.2) is 36.0 Å². The molecule has 3 rings (SSSR count). The first-order valence-corrected chi connectivity index (χ1v) is 8.20. The lowest BCUT2D eigenvalue weighted by Gasteiger charge is -2.40. The number of carbonyl (C=O) groups excluding carboxylic acids is 1. The number of rotatable bonds is 2. The number of aryl methyl sites for hydroxylation is 1. The minimum absolute atomic E-state index is 0.0898. The highest BCUT2D eigenvalue weighted by Gasteiger charge is 2.51. The van der Waals surface area contributed by atoms with E-state index in [0.717, 1.165) is 22.0 Å². The Hall–Kier alpha value is -2.73. The number of likely N-dealkylation sites (N-methyl/N-ethyl adjacent to an activating group) is 1. The number of aromatic nitrogens is 1. The van der Waals surface area contributed by atoms with Crippen LogP contribution >= 0.6 is 0 Å². The summed E-state index contributed by atoms with van der Waals surface area (Å²) >= 11 is 0. The molecule has 4 N–H and O–H groups in total. The Kier molecular flexibility index (Phi) is 3.69. The molecule has 130 valence electrons. The number of amidine groups is 1. The zero-order chi connectivity index (χ0) is 18.6. The Morgan fingerprint density at radius 3 is 2.56 bits per heavy atom. The number of hydrogen-bond acceptors (Lipinski definition) is 4. The standard InChI is InChI=1S/C19H23N5O/c1-11-6-7-12-9-13(10-22-14(12)8-11)16-15(18(21)25)17(20)24(5,23-16)19(2,3)4/h6-10H,1-5H3,(H3-,20,21,23,25)/p+1. The van der Waals surface area contributed by atoms with Crippen molar-refractivity contribution in [1.29, 1.82) is 5.41 Å². The Morgan fingerprint density at radius 1 is 1.28 bits per heavy atom. The highest BCUT2D eigenvalue weighted by atomic mass is 16.1. The maximum absolute atomic E-state index is 12.1. The lowest BCUT2D eigenvalue weighted by atomic mass is 10.0. The number of benzene rings is 1. The molecule has 0 saturated heterocycles. The molecule has 2 heterocycles. The molecule has 0 spiro atoms. The second kappa shape index (κ2) is 5.39. The summed E-state index contributed by atoms with van der Waals surface area (Å²) in [6, 6.07) is 8.01. The smallest absolute Gasteiger partial charge is 0.260 e. The number of quaternary nitrogens is 1. The number of fused-ring (bicyclic) bond motifs is 1. The molecule has 1 amide bonds. The largest absolute Gasteiger partial charge is 0.365 e. The topological polar surface area (TPSA) is 91.9 Å². The number of carbonyl (C=O) groups is 1. The third-order valence-electron chi connectivity index (χ3n) is 4.99. The van der Waals surface area contributed by atoms with Crippen molar-refractivity contribution in [1.82, 2.24) is 10.4 Å². The van der Waals surface area contributed by atoms with E-state index in [-0.39, 0.29) is 21.5 Å². The molecule has 1 aromatic heterocycles. The second-order valence-electron chi connectivity index (χ2n) is 7.67. The normalized spacial score (nSPS) is 20.9. The fourth-order valence-corrected chi connectivity index (χ4v) is 3.00. The van der Waals surface area contributed by atoms with Crippen LogP contribution in [0, 0.1) is 12.3 Å². The van der Waals surface area contributed by atoms with Gasteiger partial charge in [0.1, 0.15) is 11.2 Å². The van der Waals surface area contributed by atoms with Gasteiger partial charge in [0.25, 0.3) is 11.7 Å². The van der Waals surface area contributed by atoms with E-state index >= 15 is 0 Å². The van der Waals surface area contributed by atoms with Crippen LogP contribution in [0.25, 0.3) is 16.6 Å². The fraction of sp³-hybridized carbons (Fsp3) is 0.316. The Morgan fingerprint density at radius 2 is 1.96 bits per heavy atom. The van der Waals surface area contributed by atoms with E-state index < -0.39 is 5.91 Å². The minimum atomic E-state index is -0.609. The Balaban J connectivity index is 2.18. The van der Waals surface area contributed by atoms with E-state index in [1.165, 1.54) is 0 Å². The zero-order valence-corrected chi connectivity index (χ0v) is 15.3. The number of hydrogen-bond donors (Lipinski definition) is 3. The van der Waals surface area contributed by atoms with Crippen molar-refractivity contribution in [2.75, 3.05) is 7.05 Å². The van der Waals surface area contributed by atoms with Crippen molar-refractivity contribution < 1.29 is 9.39 Å². The van der Waals surface area contributed by atoms with Crippen molar-refractivity contribution in [3.05, 3.63) is 47.2 Å². The molecular formula is C19H24N5O+. The molecule has 25 heavy (non-hydrogen) atoms. The molecule has 0 aliphatic carbocycles. The summed E-state index contributed by atoms with van der Waals surface area (Å²) in [4.78, 5) is 16.6. The molecule has 1 aliphatic heterocycles. The SMILES string of the molecule is Cc1ccc2cc(C3=C(C(N)=O)C(=N)[N+](C)(C(C)(C)C)N3)cnc2c1. The lowest BCUT2D eigenvalue weighted by molar-refractivity contribution is -0.902. The molecule has 1 aromatic carbocycles. The van der Waals surface area contributed by atoms with E-state index in [0.29, 0.717) is 5.70 Å². The van der Waals surface area contributed by atoms with Gasteiger partial charge < -0.3 is 5.73 Å². The van der Waals surface area contributed by atoms with Gasteiger partial charge in [-0.1, -0.05) is 12.1 Å². The number of nitrogens with two attached hydrogens (primary N) is 1. The fourth-order valence-electron chi connectivity index (χ4n) is 3.00. The van der Waals surface area contributed by atoms with Gasteiger partial charge in [-0.05, 0) is 45.4 Å². The molecule has 6 heteroatoms.